The Morgan fingerprint density at radius 3 is 2.94 bits per heavy atom. The molecular formula is C13H11ClFNO. The first-order chi connectivity index (χ1) is 8.15. The molecule has 0 saturated carbocycles. The van der Waals surface area contributed by atoms with E-state index < -0.39 is 5.82 Å². The summed E-state index contributed by atoms with van der Waals surface area (Å²) >= 11 is 5.99. The number of dihydropyridines is 1. The molecule has 0 saturated heterocycles. The van der Waals surface area contributed by atoms with Crippen LogP contribution in [-0.2, 0) is 0 Å². The third kappa shape index (κ3) is 2.11. The summed E-state index contributed by atoms with van der Waals surface area (Å²) < 4.78 is 13.5. The van der Waals surface area contributed by atoms with E-state index in [1.807, 2.05) is 13.0 Å². The van der Waals surface area contributed by atoms with Crippen LogP contribution in [0.1, 0.15) is 22.8 Å². The monoisotopic (exact) mass is 251 g/mol. The average molecular weight is 252 g/mol. The Labute approximate surface area is 104 Å². The number of carbonyl (C=O) groups excluding carboxylic acids is 1. The molecule has 88 valence electrons. The van der Waals surface area contributed by atoms with E-state index in [0.717, 1.165) is 11.1 Å². The second kappa shape index (κ2) is 4.72. The van der Waals surface area contributed by atoms with Gasteiger partial charge in [0, 0.05) is 6.54 Å². The third-order valence-corrected chi connectivity index (χ3v) is 3.17. The van der Waals surface area contributed by atoms with E-state index in [2.05, 4.69) is 5.32 Å². The lowest BCUT2D eigenvalue weighted by Crippen LogP contribution is -2.16. The number of hydrogen-bond donors (Lipinski definition) is 1. The predicted octanol–water partition coefficient (Wildman–Crippen LogP) is 3.10. The molecule has 0 atom stereocenters. The maximum absolute atomic E-state index is 13.5. The van der Waals surface area contributed by atoms with Gasteiger partial charge in [-0.05, 0) is 29.7 Å². The van der Waals surface area contributed by atoms with Crippen LogP contribution in [-0.4, -0.2) is 12.8 Å². The fourth-order valence-corrected chi connectivity index (χ4v) is 2.03. The molecule has 1 aromatic rings. The number of nitrogens with one attached hydrogen (secondary N) is 1. The number of hydrogen-bond acceptors (Lipinski definition) is 2. The summed E-state index contributed by atoms with van der Waals surface area (Å²) in [7, 11) is 0. The molecule has 0 fully saturated rings. The number of allylic oxidation sites excluding steroid dienone is 2. The van der Waals surface area contributed by atoms with Gasteiger partial charge in [-0.25, -0.2) is 4.39 Å². The molecule has 17 heavy (non-hydrogen) atoms. The molecular weight excluding hydrogens is 241 g/mol. The molecule has 0 bridgehead atoms. The minimum atomic E-state index is -0.513. The molecule has 0 radical (unpaired) electrons. The maximum Gasteiger partial charge on any atom is 0.153 e. The first-order valence-corrected chi connectivity index (χ1v) is 5.57. The van der Waals surface area contributed by atoms with Gasteiger partial charge in [0.25, 0.3) is 0 Å². The Morgan fingerprint density at radius 2 is 2.24 bits per heavy atom. The minimum Gasteiger partial charge on any atom is -0.372 e. The lowest BCUT2D eigenvalue weighted by atomic mass is 9.93. The lowest BCUT2D eigenvalue weighted by molar-refractivity contribution is 0.111. The maximum atomic E-state index is 13.5. The zero-order valence-electron chi connectivity index (χ0n) is 9.26. The van der Waals surface area contributed by atoms with Crippen molar-refractivity contribution in [3.8, 4) is 0 Å². The number of rotatable bonds is 2. The second-order valence-electron chi connectivity index (χ2n) is 3.76. The summed E-state index contributed by atoms with van der Waals surface area (Å²) in [5.74, 6) is -0.513. The van der Waals surface area contributed by atoms with Crippen molar-refractivity contribution in [2.24, 2.45) is 0 Å². The smallest absolute Gasteiger partial charge is 0.153 e. The van der Waals surface area contributed by atoms with Gasteiger partial charge in [-0.1, -0.05) is 29.8 Å². The molecule has 0 spiro atoms. The van der Waals surface area contributed by atoms with Crippen molar-refractivity contribution in [2.45, 2.75) is 6.92 Å². The van der Waals surface area contributed by atoms with Crippen LogP contribution in [0.25, 0.3) is 5.57 Å². The first kappa shape index (κ1) is 11.9. The summed E-state index contributed by atoms with van der Waals surface area (Å²) in [6, 6.07) is 4.58. The van der Waals surface area contributed by atoms with Gasteiger partial charge in [-0.15, -0.1) is 0 Å². The van der Waals surface area contributed by atoms with Crippen molar-refractivity contribution in [3.63, 3.8) is 0 Å². The number of aldehydes is 1. The highest BCUT2D eigenvalue weighted by Crippen LogP contribution is 2.30. The molecule has 1 aromatic carbocycles. The molecule has 1 aliphatic heterocycles. The Kier molecular flexibility index (Phi) is 3.29. The minimum absolute atomic E-state index is 0.0736. The van der Waals surface area contributed by atoms with E-state index in [1.165, 1.54) is 6.07 Å². The van der Waals surface area contributed by atoms with E-state index in [9.17, 15) is 9.18 Å². The summed E-state index contributed by atoms with van der Waals surface area (Å²) in [6.45, 7) is 2.40. The van der Waals surface area contributed by atoms with Crippen molar-refractivity contribution in [1.82, 2.24) is 5.32 Å². The number of halogens is 2. The zero-order chi connectivity index (χ0) is 12.4. The molecule has 1 heterocycles. The molecule has 0 aliphatic carbocycles. The highest BCUT2D eigenvalue weighted by Gasteiger charge is 2.16. The van der Waals surface area contributed by atoms with Crippen LogP contribution in [0.2, 0.25) is 0 Å². The largest absolute Gasteiger partial charge is 0.372 e. The summed E-state index contributed by atoms with van der Waals surface area (Å²) in [5.41, 5.74) is 2.27. The Bertz CT molecular complexity index is 534. The summed E-state index contributed by atoms with van der Waals surface area (Å²) in [5, 5.41) is 3.50. The van der Waals surface area contributed by atoms with Gasteiger partial charge in [0.1, 0.15) is 11.0 Å². The molecule has 0 unspecified atom stereocenters. The van der Waals surface area contributed by atoms with Crippen molar-refractivity contribution in [2.75, 3.05) is 6.54 Å². The van der Waals surface area contributed by atoms with Gasteiger partial charge in [-0.2, -0.15) is 0 Å². The van der Waals surface area contributed by atoms with Gasteiger partial charge in [0.05, 0.1) is 5.56 Å². The van der Waals surface area contributed by atoms with Gasteiger partial charge in [-0.3, -0.25) is 4.79 Å². The van der Waals surface area contributed by atoms with Crippen molar-refractivity contribution >= 4 is 23.5 Å². The van der Waals surface area contributed by atoms with Crippen LogP contribution in [0, 0.1) is 5.82 Å². The molecule has 4 heteroatoms. The molecule has 0 aromatic heterocycles. The van der Waals surface area contributed by atoms with Crippen LogP contribution >= 0.6 is 11.6 Å². The lowest BCUT2D eigenvalue weighted by Gasteiger charge is -2.18. The van der Waals surface area contributed by atoms with E-state index in [4.69, 9.17) is 11.6 Å². The first-order valence-electron chi connectivity index (χ1n) is 5.20. The van der Waals surface area contributed by atoms with Gasteiger partial charge in [0.15, 0.2) is 6.29 Å². The van der Waals surface area contributed by atoms with Gasteiger partial charge in [0.2, 0.25) is 0 Å². The molecule has 2 nitrogen and oxygen atoms in total. The average Bonchev–Trinajstić information content (AvgIpc) is 2.32. The standard InChI is InChI=1S/C13H11ClFNO/c1-8-9(5-6-16-13(8)14)10-3-2-4-12(15)11(10)7-17/h2-5,7,16H,6H2,1H3. The van der Waals surface area contributed by atoms with E-state index >= 15 is 0 Å². The molecule has 1 aliphatic rings. The fourth-order valence-electron chi connectivity index (χ4n) is 1.85. The van der Waals surface area contributed by atoms with Crippen LogP contribution < -0.4 is 5.32 Å². The van der Waals surface area contributed by atoms with Crippen LogP contribution in [0.3, 0.4) is 0 Å². The Balaban J connectivity index is 2.59. The normalized spacial score (nSPS) is 15.4. The SMILES string of the molecule is CC1=C(Cl)NCC=C1c1cccc(F)c1C=O. The van der Waals surface area contributed by atoms with E-state index in [-0.39, 0.29) is 5.56 Å². The Hall–Kier alpha value is -1.61. The molecule has 2 rings (SSSR count). The van der Waals surface area contributed by atoms with E-state index in [0.29, 0.717) is 23.6 Å². The fraction of sp³-hybridized carbons (Fsp3) is 0.154. The summed E-state index contributed by atoms with van der Waals surface area (Å²) in [4.78, 5) is 10.9. The zero-order valence-corrected chi connectivity index (χ0v) is 10.0. The Morgan fingerprint density at radius 1 is 1.47 bits per heavy atom. The van der Waals surface area contributed by atoms with Crippen LogP contribution in [0.4, 0.5) is 4.39 Å². The predicted molar refractivity (Wildman–Crippen MR) is 66.3 cm³/mol. The molecule has 1 N–H and O–H groups in total. The van der Waals surface area contributed by atoms with Gasteiger partial charge < -0.3 is 5.32 Å². The summed E-state index contributed by atoms with van der Waals surface area (Å²) in [6.07, 6.45) is 2.43. The van der Waals surface area contributed by atoms with Crippen LogP contribution in [0.5, 0.6) is 0 Å². The molecule has 0 amide bonds. The number of benzene rings is 1. The van der Waals surface area contributed by atoms with Crippen molar-refractivity contribution in [1.29, 1.82) is 0 Å². The highest BCUT2D eigenvalue weighted by molar-refractivity contribution is 6.30. The third-order valence-electron chi connectivity index (χ3n) is 2.76. The van der Waals surface area contributed by atoms with Gasteiger partial charge >= 0.3 is 0 Å². The van der Waals surface area contributed by atoms with Crippen molar-refractivity contribution in [3.05, 3.63) is 51.9 Å². The quantitative estimate of drug-likeness (QED) is 0.646. The highest BCUT2D eigenvalue weighted by atomic mass is 35.5. The topological polar surface area (TPSA) is 29.1 Å². The number of carbonyl (C=O) groups is 1. The van der Waals surface area contributed by atoms with Crippen molar-refractivity contribution < 1.29 is 9.18 Å². The van der Waals surface area contributed by atoms with E-state index in [1.54, 1.807) is 12.1 Å². The second-order valence-corrected chi connectivity index (χ2v) is 4.13. The van der Waals surface area contributed by atoms with Crippen LogP contribution in [0.15, 0.2) is 35.0 Å².